The van der Waals surface area contributed by atoms with Crippen molar-refractivity contribution in [2.45, 2.75) is 6.61 Å². The van der Waals surface area contributed by atoms with Crippen molar-refractivity contribution < 1.29 is 14.6 Å². The van der Waals surface area contributed by atoms with Gasteiger partial charge < -0.3 is 15.2 Å². The first kappa shape index (κ1) is 13.7. The number of hydrogen-bond donors (Lipinski definition) is 2. The highest BCUT2D eigenvalue weighted by atomic mass is 79.9. The lowest BCUT2D eigenvalue weighted by molar-refractivity contribution is -0.132. The van der Waals surface area contributed by atoms with Gasteiger partial charge in [0.25, 0.3) is 0 Å². The number of hydrogen-bond acceptors (Lipinski definition) is 3. The van der Waals surface area contributed by atoms with Gasteiger partial charge in [-0.2, -0.15) is 0 Å². The van der Waals surface area contributed by atoms with E-state index >= 15 is 0 Å². The summed E-state index contributed by atoms with van der Waals surface area (Å²) < 4.78 is 6.02. The van der Waals surface area contributed by atoms with Crippen LogP contribution in [0.5, 0.6) is 0 Å². The van der Waals surface area contributed by atoms with Crippen molar-refractivity contribution in [3.8, 4) is 0 Å². The van der Waals surface area contributed by atoms with E-state index in [0.717, 1.165) is 15.7 Å². The second kappa shape index (κ2) is 6.42. The molecule has 0 bridgehead atoms. The van der Waals surface area contributed by atoms with Crippen LogP contribution in [0.4, 0.5) is 5.69 Å². The lowest BCUT2D eigenvalue weighted by atomic mass is 10.2. The second-order valence-electron chi connectivity index (χ2n) is 3.46. The third kappa shape index (κ3) is 3.87. The zero-order valence-corrected chi connectivity index (χ0v) is 11.1. The average Bonchev–Trinajstić information content (AvgIpc) is 2.29. The molecule has 2 N–H and O–H groups in total. The molecule has 0 aliphatic rings. The van der Waals surface area contributed by atoms with Gasteiger partial charge in [0.15, 0.2) is 0 Å². The number of halogens is 1. The van der Waals surface area contributed by atoms with E-state index < -0.39 is 5.97 Å². The van der Waals surface area contributed by atoms with Crippen molar-refractivity contribution in [2.75, 3.05) is 19.0 Å². The van der Waals surface area contributed by atoms with E-state index in [1.807, 2.05) is 18.2 Å². The van der Waals surface area contributed by atoms with Gasteiger partial charge >= 0.3 is 5.97 Å². The second-order valence-corrected chi connectivity index (χ2v) is 4.32. The predicted octanol–water partition coefficient (Wildman–Crippen LogP) is 2.65. The van der Waals surface area contributed by atoms with Gasteiger partial charge in [0.2, 0.25) is 0 Å². The normalized spacial score (nSPS) is 10.0. The topological polar surface area (TPSA) is 58.6 Å². The third-order valence-corrected chi connectivity index (χ3v) is 2.95. The molecule has 0 heterocycles. The molecule has 0 aromatic heterocycles. The summed E-state index contributed by atoms with van der Waals surface area (Å²) in [5.74, 6) is -0.999. The maximum absolute atomic E-state index is 10.6. The zero-order chi connectivity index (χ0) is 12.8. The third-order valence-electron chi connectivity index (χ3n) is 2.20. The van der Waals surface area contributed by atoms with E-state index in [1.54, 1.807) is 7.11 Å². The van der Waals surface area contributed by atoms with E-state index in [2.05, 4.69) is 27.8 Å². The van der Waals surface area contributed by atoms with E-state index in [9.17, 15) is 4.79 Å². The molecule has 0 aliphatic carbocycles. The van der Waals surface area contributed by atoms with Crippen LogP contribution in [0.15, 0.2) is 34.8 Å². The zero-order valence-electron chi connectivity index (χ0n) is 9.50. The molecule has 4 nitrogen and oxygen atoms in total. The molecule has 0 aliphatic heterocycles. The molecule has 17 heavy (non-hydrogen) atoms. The minimum atomic E-state index is -0.999. The summed E-state index contributed by atoms with van der Waals surface area (Å²) in [6, 6.07) is 5.65. The number of methoxy groups -OCH3 is 1. The number of carboxylic acid groups (broad SMARTS) is 1. The van der Waals surface area contributed by atoms with Gasteiger partial charge in [0, 0.05) is 35.0 Å². The molecular formula is C12H14BrNO3. The van der Waals surface area contributed by atoms with Crippen LogP contribution in [0.25, 0.3) is 0 Å². The molecule has 0 saturated carbocycles. The van der Waals surface area contributed by atoms with Crippen LogP contribution in [0.3, 0.4) is 0 Å². The predicted molar refractivity (Wildman–Crippen MR) is 70.1 cm³/mol. The van der Waals surface area contributed by atoms with Crippen molar-refractivity contribution in [1.82, 2.24) is 0 Å². The van der Waals surface area contributed by atoms with E-state index in [-0.39, 0.29) is 12.1 Å². The van der Waals surface area contributed by atoms with Crippen molar-refractivity contribution in [2.24, 2.45) is 0 Å². The molecule has 0 radical (unpaired) electrons. The Morgan fingerprint density at radius 1 is 1.59 bits per heavy atom. The highest BCUT2D eigenvalue weighted by molar-refractivity contribution is 9.10. The molecular weight excluding hydrogens is 286 g/mol. The lowest BCUT2D eigenvalue weighted by Gasteiger charge is -2.13. The van der Waals surface area contributed by atoms with Crippen LogP contribution in [0.2, 0.25) is 0 Å². The summed E-state index contributed by atoms with van der Waals surface area (Å²) in [6.07, 6.45) is 0. The number of anilines is 1. The van der Waals surface area contributed by atoms with E-state index in [4.69, 9.17) is 9.84 Å². The molecule has 1 aromatic carbocycles. The maximum Gasteiger partial charge on any atom is 0.332 e. The fourth-order valence-electron chi connectivity index (χ4n) is 1.29. The minimum absolute atomic E-state index is 0.119. The molecule has 0 atom stereocenters. The highest BCUT2D eigenvalue weighted by Crippen LogP contribution is 2.25. The largest absolute Gasteiger partial charge is 0.478 e. The Hall–Kier alpha value is -1.33. The first-order valence-corrected chi connectivity index (χ1v) is 5.76. The fraction of sp³-hybridized carbons (Fsp3) is 0.250. The number of benzene rings is 1. The van der Waals surface area contributed by atoms with Crippen LogP contribution in [0.1, 0.15) is 5.56 Å². The quantitative estimate of drug-likeness (QED) is 0.793. The Morgan fingerprint density at radius 3 is 2.88 bits per heavy atom. The van der Waals surface area contributed by atoms with Crippen molar-refractivity contribution in [3.05, 3.63) is 40.4 Å². The summed E-state index contributed by atoms with van der Waals surface area (Å²) in [4.78, 5) is 10.6. The summed E-state index contributed by atoms with van der Waals surface area (Å²) in [6.45, 7) is 4.11. The SMILES string of the molecule is C=C(CNc1cccc(Br)c1COC)C(=O)O. The summed E-state index contributed by atoms with van der Waals surface area (Å²) in [5, 5.41) is 11.7. The molecule has 0 fully saturated rings. The molecule has 92 valence electrons. The molecule has 0 saturated heterocycles. The number of aliphatic carboxylic acids is 1. The first-order valence-electron chi connectivity index (χ1n) is 4.97. The lowest BCUT2D eigenvalue weighted by Crippen LogP contribution is -2.12. The van der Waals surface area contributed by atoms with Crippen LogP contribution >= 0.6 is 15.9 Å². The molecule has 1 rings (SSSR count). The summed E-state index contributed by atoms with van der Waals surface area (Å²) >= 11 is 3.43. The molecule has 0 spiro atoms. The highest BCUT2D eigenvalue weighted by Gasteiger charge is 2.08. The number of ether oxygens (including phenoxy) is 1. The molecule has 5 heteroatoms. The van der Waals surface area contributed by atoms with Gasteiger partial charge in [-0.3, -0.25) is 0 Å². The number of nitrogens with one attached hydrogen (secondary N) is 1. The molecule has 0 unspecified atom stereocenters. The standard InChI is InChI=1S/C12H14BrNO3/c1-8(12(15)16)6-14-11-5-3-4-10(13)9(11)7-17-2/h3-5,14H,1,6-7H2,2H3,(H,15,16). The number of rotatable bonds is 6. The number of carbonyl (C=O) groups is 1. The smallest absolute Gasteiger partial charge is 0.332 e. The Morgan fingerprint density at radius 2 is 2.29 bits per heavy atom. The Bertz CT molecular complexity index is 432. The van der Waals surface area contributed by atoms with Gasteiger partial charge in [0.05, 0.1) is 6.61 Å². The number of carboxylic acids is 1. The van der Waals surface area contributed by atoms with Gasteiger partial charge in [-0.1, -0.05) is 28.6 Å². The van der Waals surface area contributed by atoms with E-state index in [0.29, 0.717) is 6.61 Å². The minimum Gasteiger partial charge on any atom is -0.478 e. The van der Waals surface area contributed by atoms with Crippen LogP contribution in [0, 0.1) is 0 Å². The van der Waals surface area contributed by atoms with Crippen molar-refractivity contribution in [1.29, 1.82) is 0 Å². The Balaban J connectivity index is 2.80. The monoisotopic (exact) mass is 299 g/mol. The van der Waals surface area contributed by atoms with Gasteiger partial charge in [0.1, 0.15) is 0 Å². The van der Waals surface area contributed by atoms with Crippen LogP contribution < -0.4 is 5.32 Å². The summed E-state index contributed by atoms with van der Waals surface area (Å²) in [5.41, 5.74) is 1.91. The van der Waals surface area contributed by atoms with Crippen molar-refractivity contribution >= 4 is 27.6 Å². The van der Waals surface area contributed by atoms with Crippen LogP contribution in [-0.4, -0.2) is 24.7 Å². The van der Waals surface area contributed by atoms with E-state index in [1.165, 1.54) is 0 Å². The Labute approximate surface area is 108 Å². The summed E-state index contributed by atoms with van der Waals surface area (Å²) in [7, 11) is 1.61. The van der Waals surface area contributed by atoms with Gasteiger partial charge in [-0.15, -0.1) is 0 Å². The molecule has 0 amide bonds. The molecule has 1 aromatic rings. The van der Waals surface area contributed by atoms with Crippen molar-refractivity contribution in [3.63, 3.8) is 0 Å². The Kier molecular flexibility index (Phi) is 5.18. The fourth-order valence-corrected chi connectivity index (χ4v) is 1.77. The first-order chi connectivity index (χ1) is 8.06. The maximum atomic E-state index is 10.6. The van der Waals surface area contributed by atoms with Crippen LogP contribution in [-0.2, 0) is 16.1 Å². The van der Waals surface area contributed by atoms with Gasteiger partial charge in [-0.05, 0) is 12.1 Å². The average molecular weight is 300 g/mol. The van der Waals surface area contributed by atoms with Gasteiger partial charge in [-0.25, -0.2) is 4.79 Å².